The zero-order chi connectivity index (χ0) is 13.4. The van der Waals surface area contributed by atoms with Gasteiger partial charge < -0.3 is 0 Å². The molecule has 19 heavy (non-hydrogen) atoms. The van der Waals surface area contributed by atoms with Crippen molar-refractivity contribution in [2.45, 2.75) is 38.6 Å². The Morgan fingerprint density at radius 2 is 2.21 bits per heavy atom. The summed E-state index contributed by atoms with van der Waals surface area (Å²) < 4.78 is 0. The van der Waals surface area contributed by atoms with Crippen molar-refractivity contribution in [1.29, 1.82) is 0 Å². The molecule has 0 amide bonds. The lowest BCUT2D eigenvalue weighted by Crippen LogP contribution is -2.36. The van der Waals surface area contributed by atoms with Crippen LogP contribution in [0.1, 0.15) is 43.4 Å². The smallest absolute Gasteiger partial charge is 0.272 e. The van der Waals surface area contributed by atoms with Gasteiger partial charge in [0.15, 0.2) is 0 Å². The van der Waals surface area contributed by atoms with E-state index in [2.05, 4.69) is 17.9 Å². The van der Waals surface area contributed by atoms with E-state index in [1.807, 2.05) is 6.07 Å². The molecule has 1 aliphatic heterocycles. The van der Waals surface area contributed by atoms with Crippen LogP contribution in [0, 0.1) is 16.0 Å². The molecule has 3 rings (SSSR count). The van der Waals surface area contributed by atoms with E-state index in [4.69, 9.17) is 0 Å². The van der Waals surface area contributed by atoms with Gasteiger partial charge in [0.2, 0.25) is 0 Å². The van der Waals surface area contributed by atoms with Crippen molar-refractivity contribution in [3.63, 3.8) is 0 Å². The number of rotatable bonds is 2. The van der Waals surface area contributed by atoms with Crippen LogP contribution in [0.15, 0.2) is 18.2 Å². The number of benzene rings is 1. The molecule has 0 aromatic heterocycles. The highest BCUT2D eigenvalue weighted by Crippen LogP contribution is 2.41. The number of hydrogen-bond donors (Lipinski definition) is 0. The van der Waals surface area contributed by atoms with Crippen LogP contribution >= 0.6 is 0 Å². The van der Waals surface area contributed by atoms with E-state index in [-0.39, 0.29) is 4.92 Å². The van der Waals surface area contributed by atoms with Crippen molar-refractivity contribution in [2.75, 3.05) is 13.1 Å². The molecule has 1 aromatic carbocycles. The van der Waals surface area contributed by atoms with Crippen LogP contribution in [-0.4, -0.2) is 22.9 Å². The zero-order valence-corrected chi connectivity index (χ0v) is 11.3. The van der Waals surface area contributed by atoms with E-state index in [9.17, 15) is 10.1 Å². The van der Waals surface area contributed by atoms with Gasteiger partial charge in [0.1, 0.15) is 0 Å². The lowest BCUT2D eigenvalue weighted by atomic mass is 9.97. The van der Waals surface area contributed by atoms with Gasteiger partial charge in [-0.2, -0.15) is 0 Å². The van der Waals surface area contributed by atoms with Crippen LogP contribution in [0.3, 0.4) is 0 Å². The van der Waals surface area contributed by atoms with Crippen LogP contribution in [0.5, 0.6) is 0 Å². The average Bonchev–Trinajstić information content (AvgIpc) is 2.82. The third-order valence-electron chi connectivity index (χ3n) is 4.54. The Labute approximate surface area is 113 Å². The molecule has 0 spiro atoms. The molecule has 1 heterocycles. The Morgan fingerprint density at radius 3 is 2.95 bits per heavy atom. The van der Waals surface area contributed by atoms with E-state index in [0.717, 1.165) is 37.4 Å². The summed E-state index contributed by atoms with van der Waals surface area (Å²) in [6, 6.07) is 5.96. The zero-order valence-electron chi connectivity index (χ0n) is 11.3. The van der Waals surface area contributed by atoms with Gasteiger partial charge in [0, 0.05) is 24.2 Å². The molecular formula is C15H20N2O2. The molecule has 0 N–H and O–H groups in total. The summed E-state index contributed by atoms with van der Waals surface area (Å²) in [5, 5.41) is 11.1. The van der Waals surface area contributed by atoms with Crippen molar-refractivity contribution < 1.29 is 4.92 Å². The highest BCUT2D eigenvalue weighted by atomic mass is 16.6. The second-order valence-electron chi connectivity index (χ2n) is 5.90. The van der Waals surface area contributed by atoms with Gasteiger partial charge in [-0.25, -0.2) is 0 Å². The predicted molar refractivity (Wildman–Crippen MR) is 74.1 cm³/mol. The molecule has 102 valence electrons. The Hall–Kier alpha value is -1.42. The lowest BCUT2D eigenvalue weighted by molar-refractivity contribution is -0.385. The first-order valence-corrected chi connectivity index (χ1v) is 7.17. The molecule has 1 aromatic rings. The summed E-state index contributed by atoms with van der Waals surface area (Å²) in [6.45, 7) is 4.57. The van der Waals surface area contributed by atoms with Crippen LogP contribution in [0.4, 0.5) is 5.69 Å². The average molecular weight is 260 g/mol. The Morgan fingerprint density at radius 1 is 1.37 bits per heavy atom. The molecule has 4 nitrogen and oxygen atoms in total. The van der Waals surface area contributed by atoms with Crippen molar-refractivity contribution in [1.82, 2.24) is 4.90 Å². The Kier molecular flexibility index (Phi) is 3.27. The predicted octanol–water partition coefficient (Wildman–Crippen LogP) is 3.31. The second kappa shape index (κ2) is 4.93. The number of hydrogen-bond acceptors (Lipinski definition) is 3. The van der Waals surface area contributed by atoms with Crippen molar-refractivity contribution in [2.24, 2.45) is 5.92 Å². The number of nitrogens with zero attached hydrogens (tertiary/aromatic N) is 2. The van der Waals surface area contributed by atoms with E-state index in [0.29, 0.717) is 11.7 Å². The maximum Gasteiger partial charge on any atom is 0.272 e. The monoisotopic (exact) mass is 260 g/mol. The molecule has 0 saturated carbocycles. The number of nitro groups is 1. The van der Waals surface area contributed by atoms with Gasteiger partial charge in [-0.1, -0.05) is 19.1 Å². The molecule has 2 aliphatic rings. The largest absolute Gasteiger partial charge is 0.296 e. The summed E-state index contributed by atoms with van der Waals surface area (Å²) in [4.78, 5) is 13.4. The van der Waals surface area contributed by atoms with Gasteiger partial charge in [-0.05, 0) is 43.7 Å². The van der Waals surface area contributed by atoms with Crippen LogP contribution in [-0.2, 0) is 6.42 Å². The highest BCUT2D eigenvalue weighted by Gasteiger charge is 2.33. The standard InChI is InChI=1S/C15H20N2O2/c1-11-4-3-9-16(10-11)14-8-7-13-12(14)5-2-6-15(13)17(18)19/h2,5-6,11,14H,3-4,7-10H2,1H3. The molecule has 1 aliphatic carbocycles. The third kappa shape index (κ3) is 2.25. The number of likely N-dealkylation sites (tertiary alicyclic amines) is 1. The highest BCUT2D eigenvalue weighted by molar-refractivity contribution is 5.49. The van der Waals surface area contributed by atoms with Gasteiger partial charge in [-0.15, -0.1) is 0 Å². The first-order chi connectivity index (χ1) is 9.16. The summed E-state index contributed by atoms with van der Waals surface area (Å²) in [5.74, 6) is 0.747. The van der Waals surface area contributed by atoms with E-state index >= 15 is 0 Å². The number of fused-ring (bicyclic) bond motifs is 1. The number of piperidine rings is 1. The molecule has 0 bridgehead atoms. The molecule has 4 heteroatoms. The van der Waals surface area contributed by atoms with E-state index in [1.54, 1.807) is 6.07 Å². The van der Waals surface area contributed by atoms with E-state index < -0.39 is 0 Å². The minimum absolute atomic E-state index is 0.236. The summed E-state index contributed by atoms with van der Waals surface area (Å²) in [6.07, 6.45) is 4.45. The molecule has 2 atom stereocenters. The minimum atomic E-state index is -0.236. The summed E-state index contributed by atoms with van der Waals surface area (Å²) in [7, 11) is 0. The van der Waals surface area contributed by atoms with Gasteiger partial charge in [-0.3, -0.25) is 15.0 Å². The quantitative estimate of drug-likeness (QED) is 0.605. The second-order valence-corrected chi connectivity index (χ2v) is 5.90. The van der Waals surface area contributed by atoms with Gasteiger partial charge >= 0.3 is 0 Å². The molecule has 1 saturated heterocycles. The maximum absolute atomic E-state index is 11.1. The van der Waals surface area contributed by atoms with Crippen LogP contribution in [0.25, 0.3) is 0 Å². The first-order valence-electron chi connectivity index (χ1n) is 7.17. The van der Waals surface area contributed by atoms with Crippen molar-refractivity contribution in [3.05, 3.63) is 39.4 Å². The fourth-order valence-corrected chi connectivity index (χ4v) is 3.67. The van der Waals surface area contributed by atoms with Crippen molar-refractivity contribution in [3.8, 4) is 0 Å². The Balaban J connectivity index is 1.90. The lowest BCUT2D eigenvalue weighted by Gasteiger charge is -2.35. The van der Waals surface area contributed by atoms with Crippen LogP contribution < -0.4 is 0 Å². The Bertz CT molecular complexity index is 501. The SMILES string of the molecule is CC1CCCN(C2CCc3c2cccc3[N+](=O)[O-])C1. The van der Waals surface area contributed by atoms with Gasteiger partial charge in [0.05, 0.1) is 4.92 Å². The fourth-order valence-electron chi connectivity index (χ4n) is 3.67. The fraction of sp³-hybridized carbons (Fsp3) is 0.600. The minimum Gasteiger partial charge on any atom is -0.296 e. The van der Waals surface area contributed by atoms with Crippen molar-refractivity contribution >= 4 is 5.69 Å². The molecule has 0 radical (unpaired) electrons. The maximum atomic E-state index is 11.1. The molecule has 2 unspecified atom stereocenters. The first kappa shape index (κ1) is 12.6. The molecule has 1 fully saturated rings. The number of nitro benzene ring substituents is 1. The van der Waals surface area contributed by atoms with E-state index in [1.165, 1.54) is 18.4 Å². The topological polar surface area (TPSA) is 46.4 Å². The summed E-state index contributed by atoms with van der Waals surface area (Å²) >= 11 is 0. The normalized spacial score (nSPS) is 27.2. The van der Waals surface area contributed by atoms with Crippen LogP contribution in [0.2, 0.25) is 0 Å². The summed E-state index contributed by atoms with van der Waals surface area (Å²) in [5.41, 5.74) is 2.48. The molecular weight excluding hydrogens is 240 g/mol. The van der Waals surface area contributed by atoms with Gasteiger partial charge in [0.25, 0.3) is 5.69 Å². The third-order valence-corrected chi connectivity index (χ3v) is 4.54.